The van der Waals surface area contributed by atoms with E-state index in [-0.39, 0.29) is 29.5 Å². The molecule has 0 radical (unpaired) electrons. The molecule has 240 valence electrons. The number of carbonyl (C=O) groups excluding carboxylic acids is 1. The maximum atomic E-state index is 14.0. The van der Waals surface area contributed by atoms with Crippen molar-refractivity contribution in [1.82, 2.24) is 10.4 Å². The summed E-state index contributed by atoms with van der Waals surface area (Å²) in [7, 11) is 5.15. The zero-order valence-electron chi connectivity index (χ0n) is 26.4. The van der Waals surface area contributed by atoms with Crippen LogP contribution in [0, 0.1) is 29.1 Å². The van der Waals surface area contributed by atoms with Crippen LogP contribution in [-0.4, -0.2) is 77.9 Å². The molecule has 4 N–H and O–H groups in total. The van der Waals surface area contributed by atoms with Crippen molar-refractivity contribution in [3.05, 3.63) is 46.5 Å². The first-order chi connectivity index (χ1) is 20.6. The van der Waals surface area contributed by atoms with E-state index < -0.39 is 30.3 Å². The topological polar surface area (TPSA) is 132 Å². The SMILES string of the molecule is COc1c(-c2cc(C(=O)O)cc(N(C)C)c2)ccc(Cl)c1CN1OC(O)[C@@H]([C@H](C)O)[C@H]1C(=O)N[C@H]1C[C@H]2C[C@@H]([C@@H]1C)C2(C)C. The van der Waals surface area contributed by atoms with Gasteiger partial charge in [0.25, 0.3) is 0 Å². The summed E-state index contributed by atoms with van der Waals surface area (Å²) < 4.78 is 5.85. The van der Waals surface area contributed by atoms with Crippen LogP contribution in [0.4, 0.5) is 5.69 Å². The van der Waals surface area contributed by atoms with Gasteiger partial charge < -0.3 is 30.3 Å². The molecule has 1 unspecified atom stereocenters. The number of rotatable bonds is 9. The summed E-state index contributed by atoms with van der Waals surface area (Å²) in [5.41, 5.74) is 2.77. The number of carboxylic acid groups (broad SMARTS) is 1. The lowest BCUT2D eigenvalue weighted by molar-refractivity contribution is -0.231. The number of aliphatic hydroxyl groups is 2. The van der Waals surface area contributed by atoms with Crippen molar-refractivity contribution >= 4 is 29.2 Å². The summed E-state index contributed by atoms with van der Waals surface area (Å²) >= 11 is 6.72. The molecule has 1 heterocycles. The Morgan fingerprint density at radius 1 is 1.23 bits per heavy atom. The normalized spacial score (nSPS) is 29.9. The van der Waals surface area contributed by atoms with Gasteiger partial charge in [-0.1, -0.05) is 32.4 Å². The third-order valence-electron chi connectivity index (χ3n) is 10.5. The Labute approximate surface area is 263 Å². The summed E-state index contributed by atoms with van der Waals surface area (Å²) in [6.45, 7) is 8.29. The molecule has 8 atom stereocenters. The lowest BCUT2D eigenvalue weighted by Crippen LogP contribution is -2.62. The summed E-state index contributed by atoms with van der Waals surface area (Å²) in [5.74, 6) is -0.535. The van der Waals surface area contributed by atoms with Gasteiger partial charge >= 0.3 is 5.97 Å². The number of aliphatic hydroxyl groups excluding tert-OH is 2. The molecule has 0 aromatic heterocycles. The molecule has 6 rings (SSSR count). The summed E-state index contributed by atoms with van der Waals surface area (Å²) in [5, 5.41) is 36.2. The van der Waals surface area contributed by atoms with Crippen LogP contribution in [0.1, 0.15) is 56.5 Å². The number of nitrogens with one attached hydrogen (secondary N) is 1. The minimum absolute atomic E-state index is 0.0117. The van der Waals surface area contributed by atoms with Crippen molar-refractivity contribution in [2.45, 2.75) is 71.6 Å². The Hall–Kier alpha value is -2.89. The number of methoxy groups -OCH3 is 1. The van der Waals surface area contributed by atoms with E-state index in [1.807, 2.05) is 25.1 Å². The number of nitrogens with zero attached hydrogens (tertiary/aromatic N) is 2. The van der Waals surface area contributed by atoms with Gasteiger partial charge in [-0.3, -0.25) is 9.63 Å². The average Bonchev–Trinajstić information content (AvgIpc) is 3.30. The molecule has 44 heavy (non-hydrogen) atoms. The number of benzene rings is 2. The molecule has 2 aromatic carbocycles. The molecule has 1 aliphatic heterocycles. The van der Waals surface area contributed by atoms with Crippen LogP contribution in [0.15, 0.2) is 30.3 Å². The molecule has 4 aliphatic rings. The predicted molar refractivity (Wildman–Crippen MR) is 167 cm³/mol. The molecule has 0 spiro atoms. The number of fused-ring (bicyclic) bond motifs is 2. The fourth-order valence-corrected chi connectivity index (χ4v) is 7.90. The van der Waals surface area contributed by atoms with Crippen LogP contribution in [-0.2, 0) is 16.2 Å². The van der Waals surface area contributed by atoms with E-state index in [0.717, 1.165) is 6.42 Å². The van der Waals surface area contributed by atoms with Gasteiger partial charge in [0.15, 0.2) is 6.29 Å². The maximum absolute atomic E-state index is 14.0. The Kier molecular flexibility index (Phi) is 8.96. The fourth-order valence-electron chi connectivity index (χ4n) is 7.69. The number of aromatic carboxylic acids is 1. The summed E-state index contributed by atoms with van der Waals surface area (Å²) in [6.07, 6.45) is -0.384. The second-order valence-electron chi connectivity index (χ2n) is 13.5. The van der Waals surface area contributed by atoms with E-state index in [9.17, 15) is 24.9 Å². The molecule has 2 bridgehead atoms. The first-order valence-corrected chi connectivity index (χ1v) is 15.5. The lowest BCUT2D eigenvalue weighted by Gasteiger charge is -2.62. The third kappa shape index (κ3) is 5.67. The highest BCUT2D eigenvalue weighted by Gasteiger charge is 2.57. The van der Waals surface area contributed by atoms with E-state index >= 15 is 0 Å². The monoisotopic (exact) mass is 629 g/mol. The zero-order chi connectivity index (χ0) is 32.2. The van der Waals surface area contributed by atoms with Gasteiger partial charge in [-0.15, -0.1) is 0 Å². The third-order valence-corrected chi connectivity index (χ3v) is 10.8. The van der Waals surface area contributed by atoms with E-state index in [1.54, 1.807) is 24.3 Å². The highest BCUT2D eigenvalue weighted by atomic mass is 35.5. The molecular formula is C33H44ClN3O7. The van der Waals surface area contributed by atoms with Crippen LogP contribution in [0.3, 0.4) is 0 Å². The molecule has 3 saturated carbocycles. The van der Waals surface area contributed by atoms with Crippen LogP contribution >= 0.6 is 11.6 Å². The van der Waals surface area contributed by atoms with Gasteiger partial charge in [-0.2, -0.15) is 5.06 Å². The largest absolute Gasteiger partial charge is 0.496 e. The van der Waals surface area contributed by atoms with Crippen molar-refractivity contribution in [2.75, 3.05) is 26.1 Å². The van der Waals surface area contributed by atoms with Crippen molar-refractivity contribution < 1.29 is 34.5 Å². The summed E-state index contributed by atoms with van der Waals surface area (Å²) in [4.78, 5) is 33.5. The number of hydroxylamine groups is 2. The van der Waals surface area contributed by atoms with Gasteiger partial charge in [0.1, 0.15) is 11.8 Å². The van der Waals surface area contributed by atoms with Gasteiger partial charge in [-0.05, 0) is 78.8 Å². The predicted octanol–water partition coefficient (Wildman–Crippen LogP) is 4.40. The van der Waals surface area contributed by atoms with E-state index in [1.165, 1.54) is 25.5 Å². The smallest absolute Gasteiger partial charge is 0.335 e. The number of ether oxygens (including phenoxy) is 1. The zero-order valence-corrected chi connectivity index (χ0v) is 27.1. The molecule has 10 nitrogen and oxygen atoms in total. The Bertz CT molecular complexity index is 1430. The molecule has 1 saturated heterocycles. The van der Waals surface area contributed by atoms with Crippen LogP contribution in [0.25, 0.3) is 11.1 Å². The quantitative estimate of drug-likeness (QED) is 0.319. The van der Waals surface area contributed by atoms with Gasteiger partial charge in [0.05, 0.1) is 31.2 Å². The number of halogens is 1. The van der Waals surface area contributed by atoms with Gasteiger partial charge in [0.2, 0.25) is 5.91 Å². The van der Waals surface area contributed by atoms with E-state index in [2.05, 4.69) is 26.1 Å². The van der Waals surface area contributed by atoms with Crippen LogP contribution in [0.5, 0.6) is 5.75 Å². The standard InChI is InChI=1S/C33H44ClN3O7/c1-16-24-13-20(33(24,3)4)14-26(16)35-30(39)28-27(17(2)38)32(42)44-37(28)15-23-25(34)9-8-22(29(23)43-7)18-10-19(31(40)41)12-21(11-18)36(5)6/h8-12,16-17,20,24,26-28,32,38,42H,13-15H2,1-7H3,(H,35,39)(H,40,41)/t16-,17-,20+,24-,26-,27-,28-,32?/m0/s1. The van der Waals surface area contributed by atoms with Crippen molar-refractivity contribution in [3.63, 3.8) is 0 Å². The number of amides is 1. The van der Waals surface area contributed by atoms with E-state index in [0.29, 0.717) is 50.9 Å². The Morgan fingerprint density at radius 3 is 2.50 bits per heavy atom. The first-order valence-electron chi connectivity index (χ1n) is 15.2. The fraction of sp³-hybridized carbons (Fsp3) is 0.576. The first kappa shape index (κ1) is 32.5. The Balaban J connectivity index is 1.48. The number of carbonyl (C=O) groups is 2. The number of anilines is 1. The molecule has 1 amide bonds. The number of carboxylic acids is 1. The highest BCUT2D eigenvalue weighted by molar-refractivity contribution is 6.31. The number of hydrogen-bond donors (Lipinski definition) is 4. The van der Waals surface area contributed by atoms with Gasteiger partial charge in [0, 0.05) is 42.0 Å². The van der Waals surface area contributed by atoms with Gasteiger partial charge in [-0.25, -0.2) is 4.79 Å². The van der Waals surface area contributed by atoms with Crippen molar-refractivity contribution in [1.29, 1.82) is 0 Å². The number of hydrogen-bond acceptors (Lipinski definition) is 8. The van der Waals surface area contributed by atoms with E-state index in [4.69, 9.17) is 21.2 Å². The lowest BCUT2D eigenvalue weighted by atomic mass is 9.45. The average molecular weight is 630 g/mol. The highest BCUT2D eigenvalue weighted by Crippen LogP contribution is 2.61. The molecular weight excluding hydrogens is 586 g/mol. The maximum Gasteiger partial charge on any atom is 0.335 e. The van der Waals surface area contributed by atoms with Crippen molar-refractivity contribution in [3.8, 4) is 16.9 Å². The van der Waals surface area contributed by atoms with Crippen LogP contribution < -0.4 is 15.0 Å². The Morgan fingerprint density at radius 2 is 1.93 bits per heavy atom. The second kappa shape index (κ2) is 12.1. The minimum Gasteiger partial charge on any atom is -0.496 e. The molecule has 3 aliphatic carbocycles. The molecule has 2 aromatic rings. The molecule has 11 heteroatoms. The minimum atomic E-state index is -1.41. The summed E-state index contributed by atoms with van der Waals surface area (Å²) in [6, 6.07) is 7.44. The second-order valence-corrected chi connectivity index (χ2v) is 13.9. The van der Waals surface area contributed by atoms with Crippen molar-refractivity contribution in [2.24, 2.45) is 29.1 Å². The van der Waals surface area contributed by atoms with Crippen LogP contribution in [0.2, 0.25) is 5.02 Å². The molecule has 4 fully saturated rings.